The Morgan fingerprint density at radius 3 is 2.42 bits per heavy atom. The summed E-state index contributed by atoms with van der Waals surface area (Å²) in [6.07, 6.45) is -0.0835. The summed E-state index contributed by atoms with van der Waals surface area (Å²) in [5, 5.41) is 10.2. The first-order chi connectivity index (χ1) is 15.8. The van der Waals surface area contributed by atoms with Crippen LogP contribution in [0.2, 0.25) is 0 Å². The van der Waals surface area contributed by atoms with E-state index in [1.54, 1.807) is 49.2 Å². The average molecular weight is 448 g/mol. The van der Waals surface area contributed by atoms with E-state index < -0.39 is 6.04 Å². The fourth-order valence-electron chi connectivity index (χ4n) is 3.90. The van der Waals surface area contributed by atoms with E-state index >= 15 is 0 Å². The van der Waals surface area contributed by atoms with E-state index in [0.29, 0.717) is 34.3 Å². The Labute approximate surface area is 190 Å². The maximum atomic E-state index is 12.7. The second kappa shape index (κ2) is 8.78. The number of hydrogen-bond acceptors (Lipinski definition) is 6. The third-order valence-electron chi connectivity index (χ3n) is 5.55. The van der Waals surface area contributed by atoms with Crippen LogP contribution in [0, 0.1) is 6.92 Å². The maximum Gasteiger partial charge on any atom is 0.251 e. The fourth-order valence-corrected chi connectivity index (χ4v) is 3.90. The topological polar surface area (TPSA) is 112 Å². The van der Waals surface area contributed by atoms with Crippen molar-refractivity contribution in [2.24, 2.45) is 0 Å². The highest BCUT2D eigenvalue weighted by atomic mass is 16.5. The molecule has 0 bridgehead atoms. The molecule has 1 unspecified atom stereocenters. The summed E-state index contributed by atoms with van der Waals surface area (Å²) in [4.78, 5) is 36.7. The molecule has 2 N–H and O–H groups in total. The Morgan fingerprint density at radius 2 is 1.79 bits per heavy atom. The van der Waals surface area contributed by atoms with Gasteiger partial charge in [0.2, 0.25) is 5.91 Å². The van der Waals surface area contributed by atoms with Gasteiger partial charge in [0.15, 0.2) is 17.3 Å². The number of aryl methyl sites for hydroxylation is 1. The predicted octanol–water partition coefficient (Wildman–Crippen LogP) is 3.60. The van der Waals surface area contributed by atoms with Crippen molar-refractivity contribution in [2.75, 3.05) is 24.9 Å². The molecule has 0 fully saturated rings. The fraction of sp³-hybridized carbons (Fsp3) is 0.250. The minimum absolute atomic E-state index is 0.0534. The normalized spacial score (nSPS) is 14.4. The van der Waals surface area contributed by atoms with E-state index in [4.69, 9.17) is 9.47 Å². The molecular formula is C24H24N4O5. The second-order valence-corrected chi connectivity index (χ2v) is 7.71. The van der Waals surface area contributed by atoms with Gasteiger partial charge in [0, 0.05) is 16.8 Å². The molecule has 0 saturated heterocycles. The van der Waals surface area contributed by atoms with E-state index in [-0.39, 0.29) is 24.0 Å². The van der Waals surface area contributed by atoms with E-state index in [9.17, 15) is 14.4 Å². The first kappa shape index (κ1) is 22.1. The van der Waals surface area contributed by atoms with Crippen LogP contribution in [-0.2, 0) is 9.59 Å². The van der Waals surface area contributed by atoms with Crippen molar-refractivity contribution in [3.63, 3.8) is 0 Å². The van der Waals surface area contributed by atoms with Gasteiger partial charge >= 0.3 is 0 Å². The number of methoxy groups -OCH3 is 2. The molecule has 2 heterocycles. The summed E-state index contributed by atoms with van der Waals surface area (Å²) in [7, 11) is 3.12. The molecule has 33 heavy (non-hydrogen) atoms. The number of fused-ring (bicyclic) bond motifs is 1. The lowest BCUT2D eigenvalue weighted by atomic mass is 10.1. The number of nitrogens with zero attached hydrogens (tertiary/aromatic N) is 2. The van der Waals surface area contributed by atoms with Crippen LogP contribution >= 0.6 is 0 Å². The molecule has 1 aliphatic rings. The molecule has 0 radical (unpaired) electrons. The quantitative estimate of drug-likeness (QED) is 0.534. The van der Waals surface area contributed by atoms with Crippen molar-refractivity contribution < 1.29 is 23.9 Å². The summed E-state index contributed by atoms with van der Waals surface area (Å²) >= 11 is 0. The van der Waals surface area contributed by atoms with E-state index in [1.807, 2.05) is 19.1 Å². The number of hydrogen-bond donors (Lipinski definition) is 2. The molecule has 0 aliphatic carbocycles. The lowest BCUT2D eigenvalue weighted by Crippen LogP contribution is -2.23. The van der Waals surface area contributed by atoms with Gasteiger partial charge in [0.05, 0.1) is 26.3 Å². The van der Waals surface area contributed by atoms with Crippen LogP contribution in [0.5, 0.6) is 11.5 Å². The maximum absolute atomic E-state index is 12.7. The Kier molecular flexibility index (Phi) is 5.87. The number of rotatable bonds is 7. The van der Waals surface area contributed by atoms with Crippen LogP contribution in [0.25, 0.3) is 11.1 Å². The van der Waals surface area contributed by atoms with Crippen molar-refractivity contribution in [3.8, 4) is 22.6 Å². The van der Waals surface area contributed by atoms with E-state index in [1.165, 1.54) is 6.92 Å². The Balaban J connectivity index is 1.56. The number of carbonyl (C=O) groups is 3. The van der Waals surface area contributed by atoms with Crippen LogP contribution in [0.15, 0.2) is 42.5 Å². The van der Waals surface area contributed by atoms with Crippen molar-refractivity contribution in [1.82, 2.24) is 9.78 Å². The average Bonchev–Trinajstić information content (AvgIpc) is 3.26. The molecular weight excluding hydrogens is 424 g/mol. The number of Topliss-reactive ketones (excluding diaryl/α,β-unsaturated/α-hetero) is 1. The van der Waals surface area contributed by atoms with Crippen LogP contribution in [-0.4, -0.2) is 41.6 Å². The van der Waals surface area contributed by atoms with E-state index in [2.05, 4.69) is 15.7 Å². The van der Waals surface area contributed by atoms with Gasteiger partial charge in [0.25, 0.3) is 5.91 Å². The molecule has 2 amide bonds. The van der Waals surface area contributed by atoms with Crippen LogP contribution in [0.4, 0.5) is 11.5 Å². The molecule has 0 saturated carbocycles. The zero-order chi connectivity index (χ0) is 23.7. The van der Waals surface area contributed by atoms with Crippen LogP contribution in [0.3, 0.4) is 0 Å². The third-order valence-corrected chi connectivity index (χ3v) is 5.55. The molecule has 170 valence electrons. The van der Waals surface area contributed by atoms with Gasteiger partial charge in [-0.25, -0.2) is 4.68 Å². The zero-order valence-electron chi connectivity index (χ0n) is 18.8. The zero-order valence-corrected chi connectivity index (χ0v) is 18.8. The minimum Gasteiger partial charge on any atom is -0.493 e. The number of nitrogens with one attached hydrogen (secondary N) is 2. The number of amides is 2. The molecule has 9 heteroatoms. The van der Waals surface area contributed by atoms with Gasteiger partial charge in [0.1, 0.15) is 11.9 Å². The first-order valence-corrected chi connectivity index (χ1v) is 10.4. The first-order valence-electron chi connectivity index (χ1n) is 10.4. The highest BCUT2D eigenvalue weighted by Crippen LogP contribution is 2.41. The molecule has 9 nitrogen and oxygen atoms in total. The van der Waals surface area contributed by atoms with Crippen molar-refractivity contribution in [3.05, 3.63) is 53.7 Å². The highest BCUT2D eigenvalue weighted by molar-refractivity contribution is 6.04. The Morgan fingerprint density at radius 1 is 1.09 bits per heavy atom. The van der Waals surface area contributed by atoms with Crippen molar-refractivity contribution >= 4 is 29.1 Å². The predicted molar refractivity (Wildman–Crippen MR) is 123 cm³/mol. The molecule has 1 aromatic heterocycles. The molecule has 1 atom stereocenters. The minimum atomic E-state index is -0.774. The van der Waals surface area contributed by atoms with Gasteiger partial charge < -0.3 is 20.1 Å². The summed E-state index contributed by atoms with van der Waals surface area (Å²) in [6, 6.07) is 11.3. The van der Waals surface area contributed by atoms with Gasteiger partial charge in [-0.05, 0) is 55.8 Å². The molecule has 0 spiro atoms. The van der Waals surface area contributed by atoms with Crippen LogP contribution < -0.4 is 20.1 Å². The number of ketones is 1. The van der Waals surface area contributed by atoms with Crippen molar-refractivity contribution in [2.45, 2.75) is 26.3 Å². The third kappa shape index (κ3) is 4.17. The largest absolute Gasteiger partial charge is 0.493 e. The van der Waals surface area contributed by atoms with Gasteiger partial charge in [-0.2, -0.15) is 5.10 Å². The summed E-state index contributed by atoms with van der Waals surface area (Å²) in [6.45, 7) is 3.32. The number of aromatic nitrogens is 2. The number of ether oxygens (including phenoxy) is 2. The lowest BCUT2D eigenvalue weighted by molar-refractivity contribution is -0.123. The molecule has 1 aliphatic heterocycles. The lowest BCUT2D eigenvalue weighted by Gasteiger charge is -2.10. The SMILES string of the molecule is COc1ccc(-c2c(C)nn3c2NC(=O)C3CC(=O)Nc2ccc(C(C)=O)cc2)cc1OC. The molecule has 3 aromatic rings. The smallest absolute Gasteiger partial charge is 0.251 e. The second-order valence-electron chi connectivity index (χ2n) is 7.71. The van der Waals surface area contributed by atoms with Crippen LogP contribution in [0.1, 0.15) is 35.4 Å². The van der Waals surface area contributed by atoms with Gasteiger partial charge in [-0.15, -0.1) is 0 Å². The van der Waals surface area contributed by atoms with Gasteiger partial charge in [-0.3, -0.25) is 14.4 Å². The number of anilines is 2. The Hall–Kier alpha value is -4.14. The Bertz CT molecular complexity index is 1250. The summed E-state index contributed by atoms with van der Waals surface area (Å²) < 4.78 is 12.3. The summed E-state index contributed by atoms with van der Waals surface area (Å²) in [5.41, 5.74) is 3.38. The number of carbonyl (C=O) groups excluding carboxylic acids is 3. The number of benzene rings is 2. The molecule has 2 aromatic carbocycles. The van der Waals surface area contributed by atoms with Gasteiger partial charge in [-0.1, -0.05) is 6.07 Å². The summed E-state index contributed by atoms with van der Waals surface area (Å²) in [5.74, 6) is 0.999. The monoisotopic (exact) mass is 448 g/mol. The van der Waals surface area contributed by atoms with Crippen molar-refractivity contribution in [1.29, 1.82) is 0 Å². The highest BCUT2D eigenvalue weighted by Gasteiger charge is 2.36. The van der Waals surface area contributed by atoms with E-state index in [0.717, 1.165) is 11.1 Å². The molecule has 4 rings (SSSR count). The standard InChI is InChI=1S/C24H24N4O5/c1-13-22(16-7-10-19(32-3)20(11-16)33-4)23-26-24(31)18(28(23)27-13)12-21(30)25-17-8-5-15(6-9-17)14(2)29/h5-11,18H,12H2,1-4H3,(H,25,30)(H,26,31).